The monoisotopic (exact) mass is 324 g/mol. The first-order chi connectivity index (χ1) is 10.6. The van der Waals surface area contributed by atoms with Gasteiger partial charge in [-0.25, -0.2) is 4.98 Å². The van der Waals surface area contributed by atoms with Crippen molar-refractivity contribution in [3.8, 4) is 0 Å². The Morgan fingerprint density at radius 1 is 1.32 bits per heavy atom. The fourth-order valence-electron chi connectivity index (χ4n) is 3.30. The van der Waals surface area contributed by atoms with Gasteiger partial charge < -0.3 is 9.64 Å². The summed E-state index contributed by atoms with van der Waals surface area (Å²) in [5, 5.41) is 7.96. The number of ether oxygens (including phenoxy) is 1. The van der Waals surface area contributed by atoms with Crippen molar-refractivity contribution in [2.75, 3.05) is 18.8 Å². The molecule has 7 heteroatoms. The molecule has 1 aliphatic heterocycles. The molecule has 122 valence electrons. The maximum atomic E-state index is 12.3. The van der Waals surface area contributed by atoms with Crippen molar-refractivity contribution in [3.63, 3.8) is 0 Å². The molecule has 2 heterocycles. The van der Waals surface area contributed by atoms with Crippen molar-refractivity contribution in [2.45, 2.75) is 62.8 Å². The third-order valence-electron chi connectivity index (χ3n) is 4.32. The molecular weight excluding hydrogens is 300 g/mol. The maximum absolute atomic E-state index is 12.3. The van der Waals surface area contributed by atoms with Crippen molar-refractivity contribution in [3.05, 3.63) is 5.82 Å². The van der Waals surface area contributed by atoms with Crippen LogP contribution in [-0.2, 0) is 9.53 Å². The van der Waals surface area contributed by atoms with Crippen LogP contribution in [0.25, 0.3) is 0 Å². The van der Waals surface area contributed by atoms with E-state index in [4.69, 9.17) is 4.74 Å². The van der Waals surface area contributed by atoms with E-state index >= 15 is 0 Å². The molecule has 2 aliphatic rings. The van der Waals surface area contributed by atoms with Gasteiger partial charge in [0.1, 0.15) is 5.82 Å². The lowest BCUT2D eigenvalue weighted by molar-refractivity contribution is -0.140. The van der Waals surface area contributed by atoms with E-state index < -0.39 is 0 Å². The van der Waals surface area contributed by atoms with Gasteiger partial charge in [-0.15, -0.1) is 5.10 Å². The molecule has 0 bridgehead atoms. The zero-order chi connectivity index (χ0) is 15.5. The number of aromatic amines is 1. The summed E-state index contributed by atoms with van der Waals surface area (Å²) in [5.74, 6) is 2.04. The number of hydrogen-bond donors (Lipinski definition) is 1. The molecule has 2 atom stereocenters. The predicted molar refractivity (Wildman–Crippen MR) is 84.9 cm³/mol. The van der Waals surface area contributed by atoms with Crippen LogP contribution < -0.4 is 0 Å². The van der Waals surface area contributed by atoms with Crippen LogP contribution in [0.3, 0.4) is 0 Å². The molecule has 2 unspecified atom stereocenters. The third kappa shape index (κ3) is 3.81. The molecule has 1 aromatic rings. The molecule has 0 aromatic carbocycles. The molecule has 6 nitrogen and oxygen atoms in total. The number of aromatic nitrogens is 3. The Kier molecular flexibility index (Phi) is 5.03. The number of H-pyrrole nitrogens is 1. The molecule has 1 aromatic heterocycles. The van der Waals surface area contributed by atoms with Crippen molar-refractivity contribution in [2.24, 2.45) is 0 Å². The zero-order valence-corrected chi connectivity index (χ0v) is 14.1. The minimum absolute atomic E-state index is 0.107. The Morgan fingerprint density at radius 3 is 2.68 bits per heavy atom. The van der Waals surface area contributed by atoms with Gasteiger partial charge in [-0.1, -0.05) is 24.6 Å². The third-order valence-corrected chi connectivity index (χ3v) is 5.15. The summed E-state index contributed by atoms with van der Waals surface area (Å²) in [5.41, 5.74) is 0. The first-order valence-corrected chi connectivity index (χ1v) is 9.08. The highest BCUT2D eigenvalue weighted by Gasteiger charge is 2.26. The van der Waals surface area contributed by atoms with Crippen molar-refractivity contribution in [1.82, 2.24) is 20.1 Å². The number of thioether (sulfide) groups is 1. The normalized spacial score (nSPS) is 26.5. The van der Waals surface area contributed by atoms with Gasteiger partial charge in [0.25, 0.3) is 0 Å². The fourth-order valence-corrected chi connectivity index (χ4v) is 4.01. The second-order valence-corrected chi connectivity index (χ2v) is 7.27. The van der Waals surface area contributed by atoms with Gasteiger partial charge in [-0.05, 0) is 26.7 Å². The molecule has 22 heavy (non-hydrogen) atoms. The van der Waals surface area contributed by atoms with Crippen LogP contribution in [0.5, 0.6) is 0 Å². The number of nitrogens with one attached hydrogen (secondary N) is 1. The van der Waals surface area contributed by atoms with Crippen LogP contribution in [0.4, 0.5) is 0 Å². The van der Waals surface area contributed by atoms with E-state index in [0.29, 0.717) is 29.9 Å². The van der Waals surface area contributed by atoms with Gasteiger partial charge in [0.05, 0.1) is 18.0 Å². The van der Waals surface area contributed by atoms with E-state index in [-0.39, 0.29) is 18.1 Å². The Balaban J connectivity index is 1.50. The van der Waals surface area contributed by atoms with Crippen molar-refractivity contribution in [1.29, 1.82) is 0 Å². The van der Waals surface area contributed by atoms with E-state index in [1.165, 1.54) is 37.4 Å². The highest BCUT2D eigenvalue weighted by Crippen LogP contribution is 2.32. The summed E-state index contributed by atoms with van der Waals surface area (Å²) < 4.78 is 5.66. The van der Waals surface area contributed by atoms with E-state index in [1.807, 2.05) is 18.7 Å². The lowest BCUT2D eigenvalue weighted by atomic mass is 10.1. The van der Waals surface area contributed by atoms with Crippen LogP contribution in [0, 0.1) is 0 Å². The van der Waals surface area contributed by atoms with Crippen LogP contribution >= 0.6 is 11.8 Å². The number of morpholine rings is 1. The standard InChI is InChI=1S/C15H24N4O2S/c1-10-7-19(8-11(2)21-10)13(20)9-22-15-16-14(17-18-15)12-5-3-4-6-12/h10-12H,3-9H2,1-2H3,(H,16,17,18). The van der Waals surface area contributed by atoms with Crippen molar-refractivity contribution < 1.29 is 9.53 Å². The van der Waals surface area contributed by atoms with Gasteiger partial charge >= 0.3 is 0 Å². The number of rotatable bonds is 4. The molecule has 1 aliphatic carbocycles. The molecule has 2 fully saturated rings. The molecule has 1 N–H and O–H groups in total. The summed E-state index contributed by atoms with van der Waals surface area (Å²) in [7, 11) is 0. The Morgan fingerprint density at radius 2 is 2.00 bits per heavy atom. The average Bonchev–Trinajstić information content (AvgIpc) is 3.14. The molecule has 1 amide bonds. The number of carbonyl (C=O) groups is 1. The Bertz CT molecular complexity index is 505. The summed E-state index contributed by atoms with van der Waals surface area (Å²) >= 11 is 1.42. The van der Waals surface area contributed by atoms with Crippen molar-refractivity contribution >= 4 is 17.7 Å². The molecule has 0 spiro atoms. The molecule has 1 saturated heterocycles. The quantitative estimate of drug-likeness (QED) is 0.860. The molecular formula is C15H24N4O2S. The lowest BCUT2D eigenvalue weighted by Crippen LogP contribution is -2.48. The Hall–Kier alpha value is -1.08. The topological polar surface area (TPSA) is 71.1 Å². The summed E-state index contributed by atoms with van der Waals surface area (Å²) in [6.45, 7) is 5.36. The predicted octanol–water partition coefficient (Wildman–Crippen LogP) is 2.19. The second kappa shape index (κ2) is 7.00. The van der Waals surface area contributed by atoms with Gasteiger partial charge in [-0.3, -0.25) is 9.89 Å². The van der Waals surface area contributed by atoms with Crippen LogP contribution in [0.2, 0.25) is 0 Å². The van der Waals surface area contributed by atoms with E-state index in [1.54, 1.807) is 0 Å². The lowest BCUT2D eigenvalue weighted by Gasteiger charge is -2.35. The average molecular weight is 324 g/mol. The minimum Gasteiger partial charge on any atom is -0.372 e. The number of carbonyl (C=O) groups excluding carboxylic acids is 1. The molecule has 3 rings (SSSR count). The number of hydrogen-bond acceptors (Lipinski definition) is 5. The first kappa shape index (κ1) is 15.8. The molecule has 0 radical (unpaired) electrons. The first-order valence-electron chi connectivity index (χ1n) is 8.10. The largest absolute Gasteiger partial charge is 0.372 e. The van der Waals surface area contributed by atoms with Gasteiger partial charge in [0.2, 0.25) is 11.1 Å². The van der Waals surface area contributed by atoms with Crippen LogP contribution in [-0.4, -0.2) is 57.0 Å². The molecule has 1 saturated carbocycles. The Labute approximate surface area is 135 Å². The van der Waals surface area contributed by atoms with Gasteiger partial charge in [0, 0.05) is 19.0 Å². The van der Waals surface area contributed by atoms with E-state index in [0.717, 1.165) is 5.82 Å². The SMILES string of the molecule is CC1CN(C(=O)CSc2n[nH]c(C3CCCC3)n2)CC(C)O1. The zero-order valence-electron chi connectivity index (χ0n) is 13.2. The van der Waals surface area contributed by atoms with Crippen LogP contribution in [0.15, 0.2) is 5.16 Å². The minimum atomic E-state index is 0.107. The van der Waals surface area contributed by atoms with E-state index in [2.05, 4.69) is 15.2 Å². The highest BCUT2D eigenvalue weighted by molar-refractivity contribution is 7.99. The van der Waals surface area contributed by atoms with Gasteiger partial charge in [0.15, 0.2) is 0 Å². The maximum Gasteiger partial charge on any atom is 0.233 e. The summed E-state index contributed by atoms with van der Waals surface area (Å²) in [4.78, 5) is 18.7. The van der Waals surface area contributed by atoms with Crippen LogP contribution in [0.1, 0.15) is 51.3 Å². The summed E-state index contributed by atoms with van der Waals surface area (Å²) in [6.07, 6.45) is 5.16. The second-order valence-electron chi connectivity index (χ2n) is 6.33. The summed E-state index contributed by atoms with van der Waals surface area (Å²) in [6, 6.07) is 0. The smallest absolute Gasteiger partial charge is 0.233 e. The number of amides is 1. The van der Waals surface area contributed by atoms with E-state index in [9.17, 15) is 4.79 Å². The highest BCUT2D eigenvalue weighted by atomic mass is 32.2. The fraction of sp³-hybridized carbons (Fsp3) is 0.800. The number of nitrogens with zero attached hydrogens (tertiary/aromatic N) is 3. The van der Waals surface area contributed by atoms with Gasteiger partial charge in [-0.2, -0.15) is 0 Å².